The van der Waals surface area contributed by atoms with E-state index in [0.29, 0.717) is 17.5 Å². The first-order valence-electron chi connectivity index (χ1n) is 7.62. The number of esters is 1. The van der Waals surface area contributed by atoms with Crippen LogP contribution in [0.25, 0.3) is 11.0 Å². The molecule has 0 amide bonds. The largest absolute Gasteiger partial charge is 0.463 e. The third kappa shape index (κ3) is 3.65. The molecule has 0 unspecified atom stereocenters. The van der Waals surface area contributed by atoms with Gasteiger partial charge in [-0.25, -0.2) is 4.79 Å². The molecule has 3 rings (SSSR count). The second-order valence-corrected chi connectivity index (χ2v) is 5.37. The summed E-state index contributed by atoms with van der Waals surface area (Å²) in [6, 6.07) is 6.22. The lowest BCUT2D eigenvalue weighted by Gasteiger charge is -2.24. The van der Waals surface area contributed by atoms with Crippen molar-refractivity contribution in [3.63, 3.8) is 0 Å². The van der Waals surface area contributed by atoms with Crippen LogP contribution < -0.4 is 5.43 Å². The van der Waals surface area contributed by atoms with E-state index < -0.39 is 5.97 Å². The minimum absolute atomic E-state index is 0.110. The van der Waals surface area contributed by atoms with Gasteiger partial charge >= 0.3 is 5.97 Å². The highest BCUT2D eigenvalue weighted by Crippen LogP contribution is 2.14. The minimum atomic E-state index is -0.677. The van der Waals surface area contributed by atoms with Crippen molar-refractivity contribution in [2.45, 2.75) is 0 Å². The monoisotopic (exact) mass is 327 g/mol. The summed E-state index contributed by atoms with van der Waals surface area (Å²) in [4.78, 5) is 25.8. The van der Waals surface area contributed by atoms with Gasteiger partial charge in [-0.05, 0) is 18.2 Å². The third-order valence-corrected chi connectivity index (χ3v) is 3.75. The molecule has 0 radical (unpaired) electrons. The Morgan fingerprint density at radius 3 is 2.83 bits per heavy atom. The SMILES string of the molecule is COC(=O)c1cc(=O)c2cc(C#CCN3CCOCC3)ccc2o1. The van der Waals surface area contributed by atoms with Gasteiger partial charge in [0.1, 0.15) is 5.58 Å². The zero-order valence-electron chi connectivity index (χ0n) is 13.3. The maximum absolute atomic E-state index is 12.2. The van der Waals surface area contributed by atoms with E-state index in [9.17, 15) is 9.59 Å². The number of carbonyl (C=O) groups is 1. The summed E-state index contributed by atoms with van der Waals surface area (Å²) in [5, 5.41) is 0.390. The average molecular weight is 327 g/mol. The topological polar surface area (TPSA) is 69.0 Å². The van der Waals surface area contributed by atoms with Crippen molar-refractivity contribution in [2.24, 2.45) is 0 Å². The van der Waals surface area contributed by atoms with E-state index in [1.54, 1.807) is 18.2 Å². The van der Waals surface area contributed by atoms with Crippen molar-refractivity contribution in [1.82, 2.24) is 4.90 Å². The number of fused-ring (bicyclic) bond motifs is 1. The highest BCUT2D eigenvalue weighted by molar-refractivity contribution is 5.89. The first-order chi connectivity index (χ1) is 11.7. The number of carbonyl (C=O) groups excluding carboxylic acids is 1. The van der Waals surface area contributed by atoms with Crippen LogP contribution in [0.4, 0.5) is 0 Å². The first kappa shape index (κ1) is 16.2. The van der Waals surface area contributed by atoms with Gasteiger partial charge in [-0.1, -0.05) is 11.8 Å². The molecule has 0 N–H and O–H groups in total. The Kier molecular flexibility index (Phi) is 4.94. The number of ether oxygens (including phenoxy) is 2. The molecule has 0 aliphatic carbocycles. The highest BCUT2D eigenvalue weighted by Gasteiger charge is 2.12. The zero-order valence-corrected chi connectivity index (χ0v) is 13.3. The second kappa shape index (κ2) is 7.30. The standard InChI is InChI=1S/C18H17NO5/c1-22-18(21)17-12-15(20)14-11-13(4-5-16(14)24-17)3-2-6-19-7-9-23-10-8-19/h4-5,11-12H,6-10H2,1H3. The molecule has 1 fully saturated rings. The fraction of sp³-hybridized carbons (Fsp3) is 0.333. The number of methoxy groups -OCH3 is 1. The number of hydrogen-bond acceptors (Lipinski definition) is 6. The van der Waals surface area contributed by atoms with Gasteiger partial charge in [0.05, 0.1) is 32.3 Å². The van der Waals surface area contributed by atoms with Crippen LogP contribution in [0, 0.1) is 11.8 Å². The Labute approximate surface area is 139 Å². The van der Waals surface area contributed by atoms with Crippen molar-refractivity contribution in [2.75, 3.05) is 40.0 Å². The second-order valence-electron chi connectivity index (χ2n) is 5.37. The van der Waals surface area contributed by atoms with Crippen molar-refractivity contribution in [1.29, 1.82) is 0 Å². The first-order valence-corrected chi connectivity index (χ1v) is 7.62. The molecular formula is C18H17NO5. The smallest absolute Gasteiger partial charge is 0.374 e. The molecule has 1 saturated heterocycles. The van der Waals surface area contributed by atoms with Crippen LogP contribution >= 0.6 is 0 Å². The molecule has 1 aliphatic rings. The summed E-state index contributed by atoms with van der Waals surface area (Å²) in [5.41, 5.74) is 0.768. The molecule has 124 valence electrons. The van der Waals surface area contributed by atoms with Gasteiger partial charge in [-0.3, -0.25) is 9.69 Å². The van der Waals surface area contributed by atoms with Crippen molar-refractivity contribution in [3.05, 3.63) is 45.8 Å². The Morgan fingerprint density at radius 1 is 1.29 bits per heavy atom. The predicted octanol–water partition coefficient (Wildman–Crippen LogP) is 1.26. The van der Waals surface area contributed by atoms with Crippen LogP contribution in [0.15, 0.2) is 33.5 Å². The van der Waals surface area contributed by atoms with Crippen LogP contribution in [0.5, 0.6) is 0 Å². The quantitative estimate of drug-likeness (QED) is 0.611. The summed E-state index contributed by atoms with van der Waals surface area (Å²) in [7, 11) is 1.24. The van der Waals surface area contributed by atoms with E-state index in [0.717, 1.165) is 37.9 Å². The molecular weight excluding hydrogens is 310 g/mol. The Bertz CT molecular complexity index is 868. The zero-order chi connectivity index (χ0) is 16.9. The van der Waals surface area contributed by atoms with E-state index >= 15 is 0 Å². The normalized spacial score (nSPS) is 14.9. The lowest BCUT2D eigenvalue weighted by molar-refractivity contribution is 0.0443. The van der Waals surface area contributed by atoms with E-state index in [1.807, 2.05) is 0 Å². The summed E-state index contributed by atoms with van der Waals surface area (Å²) in [6.07, 6.45) is 0. The fourth-order valence-electron chi connectivity index (χ4n) is 2.45. The number of rotatable bonds is 2. The Morgan fingerprint density at radius 2 is 2.08 bits per heavy atom. The summed E-state index contributed by atoms with van der Waals surface area (Å²) >= 11 is 0. The maximum atomic E-state index is 12.2. The Balaban J connectivity index is 1.82. The lowest BCUT2D eigenvalue weighted by atomic mass is 10.1. The van der Waals surface area contributed by atoms with E-state index in [1.165, 1.54) is 7.11 Å². The van der Waals surface area contributed by atoms with Crippen molar-refractivity contribution >= 4 is 16.9 Å². The molecule has 1 aromatic heterocycles. The number of nitrogens with zero attached hydrogens (tertiary/aromatic N) is 1. The fourth-order valence-corrected chi connectivity index (χ4v) is 2.45. The maximum Gasteiger partial charge on any atom is 0.374 e. The van der Waals surface area contributed by atoms with Crippen LogP contribution in [0.3, 0.4) is 0 Å². The molecule has 0 spiro atoms. The molecule has 0 bridgehead atoms. The van der Waals surface area contributed by atoms with Gasteiger partial charge in [0.2, 0.25) is 5.76 Å². The van der Waals surface area contributed by atoms with E-state index in [4.69, 9.17) is 9.15 Å². The number of benzene rings is 1. The molecule has 2 aromatic rings. The Hall–Kier alpha value is -2.62. The van der Waals surface area contributed by atoms with Gasteiger partial charge in [0, 0.05) is 24.7 Å². The molecule has 1 aliphatic heterocycles. The molecule has 2 heterocycles. The van der Waals surface area contributed by atoms with Gasteiger partial charge in [-0.15, -0.1) is 0 Å². The number of morpholine rings is 1. The molecule has 6 nitrogen and oxygen atoms in total. The van der Waals surface area contributed by atoms with E-state index in [-0.39, 0.29) is 11.2 Å². The molecule has 24 heavy (non-hydrogen) atoms. The highest BCUT2D eigenvalue weighted by atomic mass is 16.5. The summed E-state index contributed by atoms with van der Waals surface area (Å²) in [5.74, 6) is 5.38. The van der Waals surface area contributed by atoms with Gasteiger partial charge in [0.25, 0.3) is 0 Å². The van der Waals surface area contributed by atoms with Gasteiger partial charge in [-0.2, -0.15) is 0 Å². The molecule has 0 saturated carbocycles. The summed E-state index contributed by atoms with van der Waals surface area (Å²) in [6.45, 7) is 3.90. The molecule has 6 heteroatoms. The van der Waals surface area contributed by atoms with Crippen LogP contribution in [0.2, 0.25) is 0 Å². The summed E-state index contributed by atoms with van der Waals surface area (Å²) < 4.78 is 15.3. The van der Waals surface area contributed by atoms with Gasteiger partial charge < -0.3 is 13.9 Å². The van der Waals surface area contributed by atoms with Crippen molar-refractivity contribution < 1.29 is 18.7 Å². The van der Waals surface area contributed by atoms with Crippen LogP contribution in [-0.2, 0) is 9.47 Å². The third-order valence-electron chi connectivity index (χ3n) is 3.75. The lowest BCUT2D eigenvalue weighted by Crippen LogP contribution is -2.36. The van der Waals surface area contributed by atoms with Crippen molar-refractivity contribution in [3.8, 4) is 11.8 Å². The van der Waals surface area contributed by atoms with Gasteiger partial charge in [0.15, 0.2) is 5.43 Å². The van der Waals surface area contributed by atoms with Crippen LogP contribution in [-0.4, -0.2) is 50.8 Å². The van der Waals surface area contributed by atoms with Crippen LogP contribution in [0.1, 0.15) is 16.1 Å². The van der Waals surface area contributed by atoms with E-state index in [2.05, 4.69) is 21.5 Å². The molecule has 0 atom stereocenters. The average Bonchev–Trinajstić information content (AvgIpc) is 2.62. The predicted molar refractivity (Wildman–Crippen MR) is 88.0 cm³/mol. The molecule has 1 aromatic carbocycles. The number of hydrogen-bond donors (Lipinski definition) is 0. The minimum Gasteiger partial charge on any atom is -0.463 e.